The highest BCUT2D eigenvalue weighted by Gasteiger charge is 2.31. The molecule has 2 heteroatoms. The lowest BCUT2D eigenvalue weighted by Gasteiger charge is -2.21. The minimum atomic E-state index is -1.86. The topological polar surface area (TPSA) is 0 Å². The highest BCUT2D eigenvalue weighted by Crippen LogP contribution is 2.25. The Morgan fingerprint density at radius 2 is 2.00 bits per heavy atom. The molecular weight excluding hydrogens is 122 g/mol. The van der Waals surface area contributed by atoms with E-state index in [1.165, 1.54) is 20.8 Å². The van der Waals surface area contributed by atoms with Gasteiger partial charge in [0.25, 0.3) is 0 Å². The van der Waals surface area contributed by atoms with Gasteiger partial charge in [-0.3, -0.25) is 0 Å². The van der Waals surface area contributed by atoms with E-state index in [9.17, 15) is 8.78 Å². The van der Waals surface area contributed by atoms with Crippen molar-refractivity contribution in [2.24, 2.45) is 0 Å². The van der Waals surface area contributed by atoms with Crippen LogP contribution in [0.3, 0.4) is 0 Å². The maximum Gasteiger partial charge on any atom is 0.159 e. The van der Waals surface area contributed by atoms with Gasteiger partial charge >= 0.3 is 0 Å². The SMILES string of the molecule is C=C(C)C(C)(F)C(C)F. The van der Waals surface area contributed by atoms with Crippen LogP contribution in [0.25, 0.3) is 0 Å². The lowest BCUT2D eigenvalue weighted by atomic mass is 9.96. The molecule has 2 unspecified atom stereocenters. The molecule has 2 atom stereocenters. The molecule has 0 rings (SSSR count). The lowest BCUT2D eigenvalue weighted by molar-refractivity contribution is 0.115. The van der Waals surface area contributed by atoms with Crippen LogP contribution in [0, 0.1) is 0 Å². The van der Waals surface area contributed by atoms with E-state index in [1.807, 2.05) is 0 Å². The van der Waals surface area contributed by atoms with Crippen LogP contribution in [-0.2, 0) is 0 Å². The van der Waals surface area contributed by atoms with Crippen molar-refractivity contribution >= 4 is 0 Å². The highest BCUT2D eigenvalue weighted by atomic mass is 19.2. The minimum Gasteiger partial charge on any atom is -0.244 e. The van der Waals surface area contributed by atoms with E-state index in [0.717, 1.165) is 0 Å². The summed E-state index contributed by atoms with van der Waals surface area (Å²) in [6.07, 6.45) is -1.48. The predicted octanol–water partition coefficient (Wildman–Crippen LogP) is 2.65. The molecule has 54 valence electrons. The van der Waals surface area contributed by atoms with Gasteiger partial charge in [-0.25, -0.2) is 8.78 Å². The summed E-state index contributed by atoms with van der Waals surface area (Å²) in [6, 6.07) is 0. The van der Waals surface area contributed by atoms with Gasteiger partial charge in [-0.05, 0) is 26.3 Å². The van der Waals surface area contributed by atoms with E-state index < -0.39 is 11.8 Å². The second-order valence-electron chi connectivity index (χ2n) is 2.47. The van der Waals surface area contributed by atoms with Crippen LogP contribution in [-0.4, -0.2) is 11.8 Å². The van der Waals surface area contributed by atoms with Gasteiger partial charge in [0, 0.05) is 0 Å². The molecular formula is C7H12F2. The highest BCUT2D eigenvalue weighted by molar-refractivity contribution is 5.09. The Labute approximate surface area is 54.6 Å². The van der Waals surface area contributed by atoms with Crippen molar-refractivity contribution in [1.82, 2.24) is 0 Å². The van der Waals surface area contributed by atoms with E-state index in [-0.39, 0.29) is 5.57 Å². The smallest absolute Gasteiger partial charge is 0.159 e. The van der Waals surface area contributed by atoms with Crippen molar-refractivity contribution in [2.45, 2.75) is 32.6 Å². The van der Waals surface area contributed by atoms with Gasteiger partial charge in [0.15, 0.2) is 5.67 Å². The lowest BCUT2D eigenvalue weighted by Crippen LogP contribution is -2.29. The molecule has 0 aliphatic carbocycles. The third-order valence-corrected chi connectivity index (χ3v) is 1.58. The van der Waals surface area contributed by atoms with Crippen LogP contribution in [0.15, 0.2) is 12.2 Å². The first-order valence-corrected chi connectivity index (χ1v) is 2.88. The molecule has 0 aliphatic heterocycles. The van der Waals surface area contributed by atoms with Gasteiger partial charge in [-0.2, -0.15) is 0 Å². The van der Waals surface area contributed by atoms with Gasteiger partial charge < -0.3 is 0 Å². The Morgan fingerprint density at radius 1 is 1.67 bits per heavy atom. The van der Waals surface area contributed by atoms with Gasteiger partial charge in [0.2, 0.25) is 0 Å². The first kappa shape index (κ1) is 8.60. The van der Waals surface area contributed by atoms with E-state index in [2.05, 4.69) is 6.58 Å². The van der Waals surface area contributed by atoms with E-state index in [4.69, 9.17) is 0 Å². The summed E-state index contributed by atoms with van der Waals surface area (Å²) in [5.74, 6) is 0. The second-order valence-corrected chi connectivity index (χ2v) is 2.47. The average molecular weight is 134 g/mol. The number of alkyl halides is 2. The Hall–Kier alpha value is -0.400. The maximum absolute atomic E-state index is 12.9. The predicted molar refractivity (Wildman–Crippen MR) is 34.9 cm³/mol. The number of halogens is 2. The molecule has 0 aliphatic rings. The van der Waals surface area contributed by atoms with Crippen LogP contribution in [0.4, 0.5) is 8.78 Å². The number of allylic oxidation sites excluding steroid dienone is 1. The van der Waals surface area contributed by atoms with E-state index >= 15 is 0 Å². The van der Waals surface area contributed by atoms with Crippen LogP contribution < -0.4 is 0 Å². The van der Waals surface area contributed by atoms with Crippen molar-refractivity contribution in [3.8, 4) is 0 Å². The van der Waals surface area contributed by atoms with Crippen LogP contribution in [0.2, 0.25) is 0 Å². The number of hydrogen-bond acceptors (Lipinski definition) is 0. The second kappa shape index (κ2) is 2.46. The van der Waals surface area contributed by atoms with E-state index in [1.54, 1.807) is 0 Å². The van der Waals surface area contributed by atoms with Crippen molar-refractivity contribution in [3.05, 3.63) is 12.2 Å². The van der Waals surface area contributed by atoms with Crippen LogP contribution in [0.5, 0.6) is 0 Å². The molecule has 0 fully saturated rings. The first-order valence-electron chi connectivity index (χ1n) is 2.88. The largest absolute Gasteiger partial charge is 0.244 e. The zero-order valence-corrected chi connectivity index (χ0v) is 6.04. The van der Waals surface area contributed by atoms with Gasteiger partial charge in [-0.15, -0.1) is 0 Å². The van der Waals surface area contributed by atoms with Gasteiger partial charge in [0.1, 0.15) is 6.17 Å². The summed E-state index contributed by atoms with van der Waals surface area (Å²) < 4.78 is 25.2. The summed E-state index contributed by atoms with van der Waals surface area (Å²) in [5, 5.41) is 0. The molecule has 0 saturated carbocycles. The fourth-order valence-electron chi connectivity index (χ4n) is 0.340. The Bertz CT molecular complexity index is 114. The molecule has 0 nitrogen and oxygen atoms in total. The standard InChI is InChI=1S/C7H12F2/c1-5(2)7(4,9)6(3)8/h6H,1H2,2-4H3. The summed E-state index contributed by atoms with van der Waals surface area (Å²) in [7, 11) is 0. The molecule has 0 bridgehead atoms. The zero-order chi connectivity index (χ0) is 7.65. The molecule has 0 aromatic heterocycles. The fourth-order valence-corrected chi connectivity index (χ4v) is 0.340. The normalized spacial score (nSPS) is 20.6. The molecule has 0 spiro atoms. The monoisotopic (exact) mass is 134 g/mol. The quantitative estimate of drug-likeness (QED) is 0.509. The Morgan fingerprint density at radius 3 is 2.00 bits per heavy atom. The van der Waals surface area contributed by atoms with Crippen molar-refractivity contribution in [2.75, 3.05) is 0 Å². The molecule has 9 heavy (non-hydrogen) atoms. The molecule has 0 saturated heterocycles. The molecule has 0 radical (unpaired) electrons. The van der Waals surface area contributed by atoms with Crippen molar-refractivity contribution < 1.29 is 8.78 Å². The average Bonchev–Trinajstić information content (AvgIpc) is 1.65. The molecule has 0 aromatic rings. The number of hydrogen-bond donors (Lipinski definition) is 0. The summed E-state index contributed by atoms with van der Waals surface area (Å²) >= 11 is 0. The number of rotatable bonds is 2. The third kappa shape index (κ3) is 1.77. The summed E-state index contributed by atoms with van der Waals surface area (Å²) in [5.41, 5.74) is -1.63. The van der Waals surface area contributed by atoms with Crippen molar-refractivity contribution in [3.63, 3.8) is 0 Å². The van der Waals surface area contributed by atoms with Gasteiger partial charge in [0.05, 0.1) is 0 Å². The fraction of sp³-hybridized carbons (Fsp3) is 0.714. The Balaban J connectivity index is 4.19. The molecule has 0 amide bonds. The molecule has 0 aromatic carbocycles. The van der Waals surface area contributed by atoms with Crippen molar-refractivity contribution in [1.29, 1.82) is 0 Å². The van der Waals surface area contributed by atoms with Crippen LogP contribution >= 0.6 is 0 Å². The minimum absolute atomic E-state index is 0.234. The maximum atomic E-state index is 12.9. The Kier molecular flexibility index (Phi) is 2.35. The summed E-state index contributed by atoms with van der Waals surface area (Å²) in [6.45, 7) is 7.20. The van der Waals surface area contributed by atoms with Gasteiger partial charge in [-0.1, -0.05) is 6.58 Å². The molecule has 0 heterocycles. The first-order chi connectivity index (χ1) is 3.89. The van der Waals surface area contributed by atoms with Crippen LogP contribution in [0.1, 0.15) is 20.8 Å². The zero-order valence-electron chi connectivity index (χ0n) is 6.04. The summed E-state index contributed by atoms with van der Waals surface area (Å²) in [4.78, 5) is 0. The third-order valence-electron chi connectivity index (χ3n) is 1.58. The van der Waals surface area contributed by atoms with E-state index in [0.29, 0.717) is 0 Å². The molecule has 0 N–H and O–H groups in total.